The highest BCUT2D eigenvalue weighted by Crippen LogP contribution is 2.40. The van der Waals surface area contributed by atoms with Gasteiger partial charge in [0, 0.05) is 27.9 Å². The van der Waals surface area contributed by atoms with Crippen LogP contribution in [-0.4, -0.2) is 49.2 Å². The lowest BCUT2D eigenvalue weighted by Gasteiger charge is -2.25. The number of ether oxygens (including phenoxy) is 1. The number of hydrogen-bond acceptors (Lipinski definition) is 5. The molecule has 2 rings (SSSR count). The Kier molecular flexibility index (Phi) is 4.57. The van der Waals surface area contributed by atoms with Crippen LogP contribution in [0.25, 0.3) is 0 Å². The van der Waals surface area contributed by atoms with Crippen LogP contribution in [0.15, 0.2) is 0 Å². The topological polar surface area (TPSA) is 49.5 Å². The van der Waals surface area contributed by atoms with Crippen molar-refractivity contribution < 1.29 is 22.4 Å². The third-order valence-corrected chi connectivity index (χ3v) is 5.73. The smallest absolute Gasteiger partial charge is 0.370 e. The van der Waals surface area contributed by atoms with E-state index in [0.29, 0.717) is 24.7 Å². The zero-order valence-corrected chi connectivity index (χ0v) is 11.8. The average molecular weight is 262 g/mol. The first-order valence-electron chi connectivity index (χ1n) is 6.18. The summed E-state index contributed by atoms with van der Waals surface area (Å²) in [6.07, 6.45) is 5.75. The number of fused-ring (bicyclic) bond motifs is 1. The zero-order chi connectivity index (χ0) is 12.3. The number of hydrogen-bond donors (Lipinski definition) is 0. The van der Waals surface area contributed by atoms with E-state index in [0.717, 1.165) is 6.42 Å². The molecule has 0 bridgehead atoms. The molecule has 1 heterocycles. The van der Waals surface area contributed by atoms with E-state index in [-0.39, 0.29) is 0 Å². The Labute approximate surface area is 104 Å². The quantitative estimate of drug-likeness (QED) is 0.512. The number of epoxide rings is 1. The summed E-state index contributed by atoms with van der Waals surface area (Å²) in [6, 6.07) is 0. The van der Waals surface area contributed by atoms with E-state index in [1.54, 1.807) is 21.3 Å². The third-order valence-electron chi connectivity index (χ3n) is 3.67. The minimum Gasteiger partial charge on any atom is -0.370 e. The van der Waals surface area contributed by atoms with Gasteiger partial charge in [-0.05, 0) is 31.6 Å². The van der Waals surface area contributed by atoms with E-state index >= 15 is 0 Å². The summed E-state index contributed by atoms with van der Waals surface area (Å²) in [5.41, 5.74) is 0. The van der Waals surface area contributed by atoms with Crippen molar-refractivity contribution in [3.05, 3.63) is 0 Å². The van der Waals surface area contributed by atoms with Gasteiger partial charge in [-0.1, -0.05) is 0 Å². The van der Waals surface area contributed by atoms with Gasteiger partial charge in [-0.25, -0.2) is 0 Å². The molecule has 0 amide bonds. The maximum atomic E-state index is 5.66. The van der Waals surface area contributed by atoms with E-state index in [1.807, 2.05) is 0 Å². The molecule has 17 heavy (non-hydrogen) atoms. The van der Waals surface area contributed by atoms with Crippen molar-refractivity contribution in [1.82, 2.24) is 0 Å². The first-order chi connectivity index (χ1) is 8.23. The van der Waals surface area contributed by atoms with Crippen molar-refractivity contribution in [2.45, 2.75) is 37.9 Å². The lowest BCUT2D eigenvalue weighted by molar-refractivity contribution is 0.00232. The SMILES string of the molecule is CO[Si](OC)(OC)OCCC1CCC2OC2C1. The lowest BCUT2D eigenvalue weighted by atomic mass is 9.87. The summed E-state index contributed by atoms with van der Waals surface area (Å²) in [7, 11) is 1.83. The second-order valence-corrected chi connectivity index (χ2v) is 7.15. The molecule has 2 fully saturated rings. The fraction of sp³-hybridized carbons (Fsp3) is 1.00. The average Bonchev–Trinajstić information content (AvgIpc) is 3.14. The summed E-state index contributed by atoms with van der Waals surface area (Å²) in [5.74, 6) is 0.705. The molecule has 2 aliphatic rings. The Morgan fingerprint density at radius 3 is 2.35 bits per heavy atom. The van der Waals surface area contributed by atoms with Gasteiger partial charge in [-0.3, -0.25) is 0 Å². The van der Waals surface area contributed by atoms with Crippen LogP contribution >= 0.6 is 0 Å². The molecular weight excluding hydrogens is 240 g/mol. The predicted molar refractivity (Wildman–Crippen MR) is 63.4 cm³/mol. The van der Waals surface area contributed by atoms with Crippen molar-refractivity contribution >= 4 is 9.05 Å². The van der Waals surface area contributed by atoms with Crippen molar-refractivity contribution in [3.63, 3.8) is 0 Å². The van der Waals surface area contributed by atoms with Crippen LogP contribution in [-0.2, 0) is 22.4 Å². The summed E-state index contributed by atoms with van der Waals surface area (Å²) < 4.78 is 26.8. The first kappa shape index (κ1) is 13.4. The van der Waals surface area contributed by atoms with Gasteiger partial charge in [0.25, 0.3) is 0 Å². The molecule has 0 aromatic carbocycles. The Balaban J connectivity index is 1.67. The molecular formula is C11H22O5Si. The molecule has 0 aromatic rings. The molecule has 1 aliphatic carbocycles. The molecule has 0 aromatic heterocycles. The molecule has 3 atom stereocenters. The van der Waals surface area contributed by atoms with Gasteiger partial charge in [0.15, 0.2) is 0 Å². The van der Waals surface area contributed by atoms with Gasteiger partial charge in [0.1, 0.15) is 0 Å². The monoisotopic (exact) mass is 262 g/mol. The summed E-state index contributed by atoms with van der Waals surface area (Å²) in [6.45, 7) is 0.629. The molecule has 1 saturated heterocycles. The molecule has 3 unspecified atom stereocenters. The Bertz CT molecular complexity index is 238. The molecule has 5 nitrogen and oxygen atoms in total. The third kappa shape index (κ3) is 3.27. The van der Waals surface area contributed by atoms with Gasteiger partial charge in [0.05, 0.1) is 12.2 Å². The van der Waals surface area contributed by atoms with Gasteiger partial charge < -0.3 is 22.4 Å². The predicted octanol–water partition coefficient (Wildman–Crippen LogP) is 1.34. The minimum absolute atomic E-state index is 0.531. The molecule has 100 valence electrons. The Morgan fingerprint density at radius 1 is 1.06 bits per heavy atom. The lowest BCUT2D eigenvalue weighted by Crippen LogP contribution is -2.46. The molecule has 0 spiro atoms. The molecule has 1 saturated carbocycles. The van der Waals surface area contributed by atoms with Crippen LogP contribution in [0.5, 0.6) is 0 Å². The summed E-state index contributed by atoms with van der Waals surface area (Å²) >= 11 is 0. The maximum absolute atomic E-state index is 5.66. The molecule has 6 heteroatoms. The normalized spacial score (nSPS) is 32.3. The van der Waals surface area contributed by atoms with Crippen LogP contribution in [0.3, 0.4) is 0 Å². The van der Waals surface area contributed by atoms with E-state index in [9.17, 15) is 0 Å². The number of rotatable bonds is 7. The van der Waals surface area contributed by atoms with Crippen LogP contribution in [0.2, 0.25) is 0 Å². The second kappa shape index (κ2) is 5.77. The zero-order valence-electron chi connectivity index (χ0n) is 10.8. The Morgan fingerprint density at radius 2 is 1.76 bits per heavy atom. The van der Waals surface area contributed by atoms with Gasteiger partial charge in [0.2, 0.25) is 0 Å². The van der Waals surface area contributed by atoms with E-state index in [2.05, 4.69) is 0 Å². The second-order valence-electron chi connectivity index (χ2n) is 4.64. The highest BCUT2D eigenvalue weighted by molar-refractivity contribution is 6.53. The van der Waals surface area contributed by atoms with Crippen molar-refractivity contribution in [2.24, 2.45) is 5.92 Å². The van der Waals surface area contributed by atoms with Crippen molar-refractivity contribution in [2.75, 3.05) is 27.9 Å². The minimum atomic E-state index is -2.84. The van der Waals surface area contributed by atoms with E-state index in [1.165, 1.54) is 19.3 Å². The van der Waals surface area contributed by atoms with Gasteiger partial charge in [-0.15, -0.1) is 0 Å². The Hall–Kier alpha value is 0.0169. The highest BCUT2D eigenvalue weighted by atomic mass is 28.4. The summed E-state index contributed by atoms with van der Waals surface area (Å²) in [5, 5.41) is 0. The van der Waals surface area contributed by atoms with Crippen molar-refractivity contribution in [3.8, 4) is 0 Å². The van der Waals surface area contributed by atoms with Crippen LogP contribution in [0.4, 0.5) is 0 Å². The van der Waals surface area contributed by atoms with Crippen molar-refractivity contribution in [1.29, 1.82) is 0 Å². The standard InChI is InChI=1S/C11H22O5Si/c1-12-17(13-2,14-3)15-7-6-9-4-5-10-11(8-9)16-10/h9-11H,4-8H2,1-3H3. The largest absolute Gasteiger partial charge is 0.678 e. The first-order valence-corrected chi connectivity index (χ1v) is 7.81. The molecule has 0 radical (unpaired) electrons. The van der Waals surface area contributed by atoms with Crippen LogP contribution in [0, 0.1) is 5.92 Å². The molecule has 0 N–H and O–H groups in total. The van der Waals surface area contributed by atoms with Gasteiger partial charge >= 0.3 is 9.05 Å². The molecule has 1 aliphatic heterocycles. The van der Waals surface area contributed by atoms with Crippen LogP contribution in [0.1, 0.15) is 25.7 Å². The van der Waals surface area contributed by atoms with E-state index < -0.39 is 9.05 Å². The fourth-order valence-electron chi connectivity index (χ4n) is 2.53. The maximum Gasteiger partial charge on any atom is 0.678 e. The van der Waals surface area contributed by atoms with E-state index in [4.69, 9.17) is 22.4 Å². The fourth-order valence-corrected chi connectivity index (χ4v) is 3.75. The summed E-state index contributed by atoms with van der Waals surface area (Å²) in [4.78, 5) is 0. The van der Waals surface area contributed by atoms with Gasteiger partial charge in [-0.2, -0.15) is 0 Å². The van der Waals surface area contributed by atoms with Crippen LogP contribution < -0.4 is 0 Å². The highest BCUT2D eigenvalue weighted by Gasteiger charge is 2.45.